The van der Waals surface area contributed by atoms with Crippen molar-refractivity contribution in [3.05, 3.63) is 34.9 Å². The number of nitrogens with zero attached hydrogens (tertiary/aromatic N) is 1. The van der Waals surface area contributed by atoms with Crippen LogP contribution in [0.1, 0.15) is 42.3 Å². The monoisotopic (exact) mass is 219 g/mol. The van der Waals surface area contributed by atoms with Gasteiger partial charge in [0.05, 0.1) is 0 Å². The van der Waals surface area contributed by atoms with Gasteiger partial charge in [-0.1, -0.05) is 25.1 Å². The number of hydrogen-bond donors (Lipinski definition) is 0. The van der Waals surface area contributed by atoms with E-state index < -0.39 is 0 Å². The molecule has 0 aromatic heterocycles. The highest BCUT2D eigenvalue weighted by atomic mass is 16.2. The first-order chi connectivity index (χ1) is 7.65. The molecule has 2 nitrogen and oxygen atoms in total. The molecule has 0 aliphatic rings. The van der Waals surface area contributed by atoms with Crippen LogP contribution in [-0.4, -0.2) is 23.9 Å². The standard InChI is InChI=1S/C14H21NO/c1-5-12-10-8-9-11(4)13(12)14(16)15(6-2)7-3/h8-10H,5-7H2,1-4H3. The number of benzene rings is 1. The molecule has 1 amide bonds. The predicted octanol–water partition coefficient (Wildman–Crippen LogP) is 3.04. The topological polar surface area (TPSA) is 20.3 Å². The van der Waals surface area contributed by atoms with Crippen LogP contribution in [0.15, 0.2) is 18.2 Å². The first kappa shape index (κ1) is 12.8. The number of aryl methyl sites for hydroxylation is 2. The minimum Gasteiger partial charge on any atom is -0.339 e. The molecule has 1 aromatic carbocycles. The van der Waals surface area contributed by atoms with Crippen LogP contribution in [0.4, 0.5) is 0 Å². The van der Waals surface area contributed by atoms with Gasteiger partial charge >= 0.3 is 0 Å². The third-order valence-electron chi connectivity index (χ3n) is 3.00. The van der Waals surface area contributed by atoms with Crippen LogP contribution in [0.25, 0.3) is 0 Å². The van der Waals surface area contributed by atoms with Crippen molar-refractivity contribution < 1.29 is 4.79 Å². The Morgan fingerprint density at radius 3 is 2.31 bits per heavy atom. The van der Waals surface area contributed by atoms with E-state index in [9.17, 15) is 4.79 Å². The molecule has 16 heavy (non-hydrogen) atoms. The summed E-state index contributed by atoms with van der Waals surface area (Å²) in [7, 11) is 0. The van der Waals surface area contributed by atoms with E-state index in [0.29, 0.717) is 0 Å². The molecule has 1 aromatic rings. The van der Waals surface area contributed by atoms with Crippen molar-refractivity contribution in [2.45, 2.75) is 34.1 Å². The van der Waals surface area contributed by atoms with Gasteiger partial charge in [-0.2, -0.15) is 0 Å². The van der Waals surface area contributed by atoms with Crippen molar-refractivity contribution in [3.8, 4) is 0 Å². The van der Waals surface area contributed by atoms with Crippen LogP contribution >= 0.6 is 0 Å². The van der Waals surface area contributed by atoms with E-state index in [1.165, 1.54) is 0 Å². The van der Waals surface area contributed by atoms with E-state index in [-0.39, 0.29) is 5.91 Å². The number of rotatable bonds is 4. The highest BCUT2D eigenvalue weighted by Gasteiger charge is 2.17. The lowest BCUT2D eigenvalue weighted by Gasteiger charge is -2.21. The Hall–Kier alpha value is -1.31. The fraction of sp³-hybridized carbons (Fsp3) is 0.500. The molecule has 0 heterocycles. The Balaban J connectivity index is 3.16. The molecule has 0 fully saturated rings. The van der Waals surface area contributed by atoms with E-state index in [1.54, 1.807) is 0 Å². The maximum absolute atomic E-state index is 12.3. The normalized spacial score (nSPS) is 10.2. The summed E-state index contributed by atoms with van der Waals surface area (Å²) in [5.41, 5.74) is 3.13. The Labute approximate surface area is 98.3 Å². The summed E-state index contributed by atoms with van der Waals surface area (Å²) in [5.74, 6) is 0.167. The molecule has 0 aliphatic carbocycles. The molecule has 0 N–H and O–H groups in total. The van der Waals surface area contributed by atoms with E-state index in [0.717, 1.165) is 36.2 Å². The van der Waals surface area contributed by atoms with Gasteiger partial charge in [0.15, 0.2) is 0 Å². The third-order valence-corrected chi connectivity index (χ3v) is 3.00. The van der Waals surface area contributed by atoms with Crippen molar-refractivity contribution in [2.75, 3.05) is 13.1 Å². The quantitative estimate of drug-likeness (QED) is 0.762. The first-order valence-corrected chi connectivity index (χ1v) is 6.03. The lowest BCUT2D eigenvalue weighted by Crippen LogP contribution is -2.31. The largest absolute Gasteiger partial charge is 0.339 e. The Morgan fingerprint density at radius 1 is 1.19 bits per heavy atom. The third kappa shape index (κ3) is 2.43. The van der Waals surface area contributed by atoms with Crippen molar-refractivity contribution in [1.82, 2.24) is 4.90 Å². The van der Waals surface area contributed by atoms with Gasteiger partial charge in [0.25, 0.3) is 5.91 Å². The van der Waals surface area contributed by atoms with Gasteiger partial charge in [0.1, 0.15) is 0 Å². The van der Waals surface area contributed by atoms with Gasteiger partial charge in [-0.3, -0.25) is 4.79 Å². The minimum absolute atomic E-state index is 0.167. The van der Waals surface area contributed by atoms with E-state index >= 15 is 0 Å². The molecule has 0 spiro atoms. The second kappa shape index (κ2) is 5.69. The first-order valence-electron chi connectivity index (χ1n) is 6.03. The average Bonchev–Trinajstić information content (AvgIpc) is 2.29. The molecule has 0 radical (unpaired) electrons. The summed E-state index contributed by atoms with van der Waals surface area (Å²) in [6, 6.07) is 6.08. The van der Waals surface area contributed by atoms with Gasteiger partial charge < -0.3 is 4.90 Å². The molecule has 0 atom stereocenters. The number of carbonyl (C=O) groups excluding carboxylic acids is 1. The van der Waals surface area contributed by atoms with Crippen LogP contribution in [0.2, 0.25) is 0 Å². The molecule has 88 valence electrons. The van der Waals surface area contributed by atoms with Crippen molar-refractivity contribution >= 4 is 5.91 Å². The van der Waals surface area contributed by atoms with E-state index in [4.69, 9.17) is 0 Å². The van der Waals surface area contributed by atoms with Crippen LogP contribution in [0, 0.1) is 6.92 Å². The summed E-state index contributed by atoms with van der Waals surface area (Å²) >= 11 is 0. The molecule has 0 bridgehead atoms. The molecule has 2 heteroatoms. The van der Waals surface area contributed by atoms with Crippen molar-refractivity contribution in [2.24, 2.45) is 0 Å². The summed E-state index contributed by atoms with van der Waals surface area (Å²) in [4.78, 5) is 14.2. The predicted molar refractivity (Wildman–Crippen MR) is 67.8 cm³/mol. The van der Waals surface area contributed by atoms with Crippen LogP contribution in [0.5, 0.6) is 0 Å². The zero-order chi connectivity index (χ0) is 12.1. The molecule has 0 saturated carbocycles. The molecular weight excluding hydrogens is 198 g/mol. The van der Waals surface area contributed by atoms with E-state index in [1.807, 2.05) is 43.9 Å². The highest BCUT2D eigenvalue weighted by Crippen LogP contribution is 2.17. The number of hydrogen-bond acceptors (Lipinski definition) is 1. The van der Waals surface area contributed by atoms with Gasteiger partial charge in [-0.25, -0.2) is 0 Å². The summed E-state index contributed by atoms with van der Waals surface area (Å²) < 4.78 is 0. The molecule has 0 aliphatic heterocycles. The maximum Gasteiger partial charge on any atom is 0.254 e. The Kier molecular flexibility index (Phi) is 4.53. The van der Waals surface area contributed by atoms with Gasteiger partial charge in [0, 0.05) is 18.7 Å². The maximum atomic E-state index is 12.3. The second-order valence-electron chi connectivity index (χ2n) is 3.94. The van der Waals surface area contributed by atoms with Crippen LogP contribution < -0.4 is 0 Å². The Bertz CT molecular complexity index is 367. The summed E-state index contributed by atoms with van der Waals surface area (Å²) in [6.07, 6.45) is 0.907. The summed E-state index contributed by atoms with van der Waals surface area (Å²) in [5, 5.41) is 0. The molecule has 0 saturated heterocycles. The zero-order valence-electron chi connectivity index (χ0n) is 10.7. The molecule has 0 unspecified atom stereocenters. The van der Waals surface area contributed by atoms with Crippen LogP contribution in [0.3, 0.4) is 0 Å². The smallest absolute Gasteiger partial charge is 0.254 e. The summed E-state index contributed by atoms with van der Waals surface area (Å²) in [6.45, 7) is 9.68. The minimum atomic E-state index is 0.167. The lowest BCUT2D eigenvalue weighted by molar-refractivity contribution is 0.0771. The van der Waals surface area contributed by atoms with Gasteiger partial charge in [-0.15, -0.1) is 0 Å². The van der Waals surface area contributed by atoms with Gasteiger partial charge in [0.2, 0.25) is 0 Å². The molecular formula is C14H21NO. The highest BCUT2D eigenvalue weighted by molar-refractivity contribution is 5.97. The van der Waals surface area contributed by atoms with Crippen molar-refractivity contribution in [1.29, 1.82) is 0 Å². The fourth-order valence-electron chi connectivity index (χ4n) is 2.00. The number of amides is 1. The fourth-order valence-corrected chi connectivity index (χ4v) is 2.00. The van der Waals surface area contributed by atoms with Crippen molar-refractivity contribution in [3.63, 3.8) is 0 Å². The van der Waals surface area contributed by atoms with E-state index in [2.05, 4.69) is 6.92 Å². The zero-order valence-corrected chi connectivity index (χ0v) is 10.7. The van der Waals surface area contributed by atoms with Gasteiger partial charge in [-0.05, 0) is 38.3 Å². The average molecular weight is 219 g/mol. The van der Waals surface area contributed by atoms with Crippen LogP contribution in [-0.2, 0) is 6.42 Å². The second-order valence-corrected chi connectivity index (χ2v) is 3.94. The lowest BCUT2D eigenvalue weighted by atomic mass is 9.99. The molecule has 1 rings (SSSR count). The SMILES string of the molecule is CCc1cccc(C)c1C(=O)N(CC)CC. The Morgan fingerprint density at radius 2 is 1.81 bits per heavy atom. The number of carbonyl (C=O) groups is 1.